The molecule has 3 heterocycles. The van der Waals surface area contributed by atoms with Gasteiger partial charge in [0.2, 0.25) is 0 Å². The molecule has 0 bridgehead atoms. The van der Waals surface area contributed by atoms with Gasteiger partial charge >= 0.3 is 0 Å². The summed E-state index contributed by atoms with van der Waals surface area (Å²) in [5.41, 5.74) is 1.96. The van der Waals surface area contributed by atoms with Crippen molar-refractivity contribution in [1.29, 1.82) is 0 Å². The fourth-order valence-electron chi connectivity index (χ4n) is 3.57. The second-order valence-corrected chi connectivity index (χ2v) is 6.23. The molecule has 23 heavy (non-hydrogen) atoms. The zero-order chi connectivity index (χ0) is 15.6. The van der Waals surface area contributed by atoms with Crippen LogP contribution in [0.5, 0.6) is 0 Å². The summed E-state index contributed by atoms with van der Waals surface area (Å²) in [6.45, 7) is 3.97. The minimum atomic E-state index is 0.0626. The number of aromatic amines is 1. The monoisotopic (exact) mass is 311 g/mol. The van der Waals surface area contributed by atoms with E-state index in [1.54, 1.807) is 6.20 Å². The Hall–Kier alpha value is -2.11. The highest BCUT2D eigenvalue weighted by Crippen LogP contribution is 2.25. The second kappa shape index (κ2) is 6.18. The van der Waals surface area contributed by atoms with E-state index in [1.807, 2.05) is 23.1 Å². The van der Waals surface area contributed by atoms with E-state index >= 15 is 0 Å². The number of fused-ring (bicyclic) bond motifs is 1. The lowest BCUT2D eigenvalue weighted by Crippen LogP contribution is -2.50. The Morgan fingerprint density at radius 2 is 2.04 bits per heavy atom. The summed E-state index contributed by atoms with van der Waals surface area (Å²) in [6.07, 6.45) is 1.90. The fraction of sp³-hybridized carbons (Fsp3) is 0.389. The molecule has 2 aliphatic heterocycles. The topological polar surface area (TPSA) is 48.6 Å². The summed E-state index contributed by atoms with van der Waals surface area (Å²) in [4.78, 5) is 19.9. The lowest BCUT2D eigenvalue weighted by molar-refractivity contribution is -0.0503. The summed E-state index contributed by atoms with van der Waals surface area (Å²) in [5, 5.41) is 0. The maximum Gasteiger partial charge on any atom is 0.270 e. The average molecular weight is 311 g/mol. The van der Waals surface area contributed by atoms with Crippen LogP contribution in [-0.2, 0) is 11.3 Å². The van der Waals surface area contributed by atoms with Crippen molar-refractivity contribution in [2.75, 3.05) is 26.2 Å². The Morgan fingerprint density at radius 3 is 2.83 bits per heavy atom. The van der Waals surface area contributed by atoms with E-state index in [4.69, 9.17) is 4.74 Å². The first kappa shape index (κ1) is 14.5. The number of hydrogen-bond donors (Lipinski definition) is 1. The van der Waals surface area contributed by atoms with Crippen LogP contribution in [0, 0.1) is 0 Å². The second-order valence-electron chi connectivity index (χ2n) is 6.23. The molecule has 4 rings (SSSR count). The van der Waals surface area contributed by atoms with Crippen molar-refractivity contribution in [3.63, 3.8) is 0 Å². The zero-order valence-electron chi connectivity index (χ0n) is 13.0. The Bertz CT molecular complexity index is 656. The van der Waals surface area contributed by atoms with Gasteiger partial charge < -0.3 is 14.6 Å². The molecule has 1 N–H and O–H groups in total. The van der Waals surface area contributed by atoms with Crippen molar-refractivity contribution < 1.29 is 9.53 Å². The van der Waals surface area contributed by atoms with Crippen molar-refractivity contribution in [1.82, 2.24) is 14.8 Å². The number of amides is 1. The quantitative estimate of drug-likeness (QED) is 0.939. The maximum absolute atomic E-state index is 12.5. The molecule has 0 radical (unpaired) electrons. The van der Waals surface area contributed by atoms with Gasteiger partial charge in [0.05, 0.1) is 18.8 Å². The van der Waals surface area contributed by atoms with Gasteiger partial charge in [-0.3, -0.25) is 9.69 Å². The van der Waals surface area contributed by atoms with Crippen molar-refractivity contribution in [2.45, 2.75) is 18.7 Å². The number of benzene rings is 1. The number of nitrogens with one attached hydrogen (secondary N) is 1. The van der Waals surface area contributed by atoms with Crippen LogP contribution in [-0.4, -0.2) is 59.1 Å². The minimum absolute atomic E-state index is 0.0626. The molecular formula is C18H21N3O2. The predicted octanol–water partition coefficient (Wildman–Crippen LogP) is 1.74. The van der Waals surface area contributed by atoms with Crippen molar-refractivity contribution in [3.8, 4) is 0 Å². The number of aromatic nitrogens is 1. The van der Waals surface area contributed by atoms with E-state index in [0.29, 0.717) is 12.2 Å². The molecule has 5 nitrogen and oxygen atoms in total. The molecule has 0 aliphatic carbocycles. The first-order valence-electron chi connectivity index (χ1n) is 8.13. The van der Waals surface area contributed by atoms with Crippen LogP contribution in [0.1, 0.15) is 16.1 Å². The summed E-state index contributed by atoms with van der Waals surface area (Å²) in [5.74, 6) is 0.0626. The Morgan fingerprint density at radius 1 is 1.17 bits per heavy atom. The maximum atomic E-state index is 12.5. The van der Waals surface area contributed by atoms with Gasteiger partial charge in [0, 0.05) is 32.4 Å². The van der Waals surface area contributed by atoms with Gasteiger partial charge in [-0.15, -0.1) is 0 Å². The number of ether oxygens (including phenoxy) is 1. The summed E-state index contributed by atoms with van der Waals surface area (Å²) in [7, 11) is 0. The molecular weight excluding hydrogens is 290 g/mol. The Labute approximate surface area is 135 Å². The summed E-state index contributed by atoms with van der Waals surface area (Å²) in [6, 6.07) is 14.5. The van der Waals surface area contributed by atoms with Crippen molar-refractivity contribution >= 4 is 5.91 Å². The number of carbonyl (C=O) groups excluding carboxylic acids is 1. The van der Waals surface area contributed by atoms with Gasteiger partial charge in [-0.2, -0.15) is 0 Å². The van der Waals surface area contributed by atoms with Gasteiger partial charge in [-0.25, -0.2) is 0 Å². The van der Waals surface area contributed by atoms with Gasteiger partial charge in [0.15, 0.2) is 0 Å². The molecule has 1 amide bonds. The Kier molecular flexibility index (Phi) is 3.89. The summed E-state index contributed by atoms with van der Waals surface area (Å²) < 4.78 is 5.92. The molecule has 2 aliphatic rings. The van der Waals surface area contributed by atoms with Crippen LogP contribution < -0.4 is 0 Å². The lowest BCUT2D eigenvalue weighted by Gasteiger charge is -2.36. The first-order valence-corrected chi connectivity index (χ1v) is 8.13. The number of morpholine rings is 1. The highest BCUT2D eigenvalue weighted by Gasteiger charge is 2.41. The molecule has 2 saturated heterocycles. The van der Waals surface area contributed by atoms with E-state index in [-0.39, 0.29) is 18.1 Å². The number of nitrogens with zero attached hydrogens (tertiary/aromatic N) is 2. The lowest BCUT2D eigenvalue weighted by atomic mass is 10.1. The molecule has 2 fully saturated rings. The normalized spacial score (nSPS) is 24.6. The van der Waals surface area contributed by atoms with Crippen LogP contribution in [0.25, 0.3) is 0 Å². The molecule has 1 aromatic carbocycles. The first-order chi connectivity index (χ1) is 11.3. The van der Waals surface area contributed by atoms with Crippen molar-refractivity contribution in [2.24, 2.45) is 0 Å². The van der Waals surface area contributed by atoms with E-state index in [9.17, 15) is 4.79 Å². The number of likely N-dealkylation sites (tertiary alicyclic amines) is 1. The van der Waals surface area contributed by atoms with E-state index in [0.717, 1.165) is 26.2 Å². The minimum Gasteiger partial charge on any atom is -0.373 e. The SMILES string of the molecule is O=C(c1ccc[nH]1)N1C[C@@H]2OCCN(Cc3ccccc3)[C@@H]2C1. The average Bonchev–Trinajstić information content (AvgIpc) is 3.25. The standard InChI is InChI=1S/C18H21N3O2/c22-18(15-7-4-8-19-15)21-12-16-17(13-21)23-10-9-20(16)11-14-5-2-1-3-6-14/h1-8,16-17,19H,9-13H2/t16-,17+/m1/s1. The molecule has 5 heteroatoms. The van der Waals surface area contributed by atoms with Gasteiger partial charge in [0.1, 0.15) is 5.69 Å². The third-order valence-electron chi connectivity index (χ3n) is 4.76. The zero-order valence-corrected chi connectivity index (χ0v) is 13.0. The van der Waals surface area contributed by atoms with Crippen LogP contribution in [0.15, 0.2) is 48.7 Å². The number of carbonyl (C=O) groups is 1. The highest BCUT2D eigenvalue weighted by atomic mass is 16.5. The molecule has 0 spiro atoms. The largest absolute Gasteiger partial charge is 0.373 e. The highest BCUT2D eigenvalue weighted by molar-refractivity contribution is 5.92. The van der Waals surface area contributed by atoms with Crippen LogP contribution in [0.2, 0.25) is 0 Å². The molecule has 0 saturated carbocycles. The van der Waals surface area contributed by atoms with Crippen molar-refractivity contribution in [3.05, 3.63) is 59.9 Å². The van der Waals surface area contributed by atoms with E-state index < -0.39 is 0 Å². The Balaban J connectivity index is 1.47. The van der Waals surface area contributed by atoms with E-state index in [1.165, 1.54) is 5.56 Å². The van der Waals surface area contributed by atoms with Crippen LogP contribution in [0.3, 0.4) is 0 Å². The van der Waals surface area contributed by atoms with Gasteiger partial charge in [-0.05, 0) is 17.7 Å². The third-order valence-corrected chi connectivity index (χ3v) is 4.76. The predicted molar refractivity (Wildman–Crippen MR) is 87.1 cm³/mol. The number of hydrogen-bond acceptors (Lipinski definition) is 3. The molecule has 1 aromatic heterocycles. The number of rotatable bonds is 3. The van der Waals surface area contributed by atoms with Gasteiger partial charge in [-0.1, -0.05) is 30.3 Å². The molecule has 2 atom stereocenters. The smallest absolute Gasteiger partial charge is 0.270 e. The molecule has 2 aromatic rings. The summed E-state index contributed by atoms with van der Waals surface area (Å²) >= 11 is 0. The van der Waals surface area contributed by atoms with E-state index in [2.05, 4.69) is 34.1 Å². The van der Waals surface area contributed by atoms with Crippen LogP contribution in [0.4, 0.5) is 0 Å². The number of H-pyrrole nitrogens is 1. The molecule has 120 valence electrons. The van der Waals surface area contributed by atoms with Crippen LogP contribution >= 0.6 is 0 Å². The molecule has 0 unspecified atom stereocenters. The third kappa shape index (κ3) is 2.90. The van der Waals surface area contributed by atoms with Gasteiger partial charge in [0.25, 0.3) is 5.91 Å². The fourth-order valence-corrected chi connectivity index (χ4v) is 3.57.